The molecule has 2 fully saturated rings. The Labute approximate surface area is 178 Å². The molecule has 0 aliphatic heterocycles. The predicted octanol–water partition coefficient (Wildman–Crippen LogP) is 5.84. The van der Waals surface area contributed by atoms with Gasteiger partial charge in [-0.2, -0.15) is 0 Å². The van der Waals surface area contributed by atoms with Gasteiger partial charge in [-0.3, -0.25) is 9.59 Å². The number of ether oxygens (including phenoxy) is 2. The van der Waals surface area contributed by atoms with Crippen molar-refractivity contribution in [2.24, 2.45) is 11.8 Å². The van der Waals surface area contributed by atoms with Gasteiger partial charge in [-0.15, -0.1) is 0 Å². The number of esters is 2. The number of benzene rings is 2. The Morgan fingerprint density at radius 3 is 1.73 bits per heavy atom. The molecule has 0 aromatic heterocycles. The van der Waals surface area contributed by atoms with Gasteiger partial charge in [0, 0.05) is 13.8 Å². The van der Waals surface area contributed by atoms with Crippen molar-refractivity contribution in [1.29, 1.82) is 0 Å². The fraction of sp³-hybridized carbons (Fsp3) is 0.462. The van der Waals surface area contributed by atoms with Gasteiger partial charge in [-0.25, -0.2) is 0 Å². The van der Waals surface area contributed by atoms with E-state index in [-0.39, 0.29) is 0 Å². The fourth-order valence-electron chi connectivity index (χ4n) is 5.43. The first-order valence-electron chi connectivity index (χ1n) is 10.9. The summed E-state index contributed by atoms with van der Waals surface area (Å²) in [6, 6.07) is 12.6. The molecule has 0 bridgehead atoms. The molecule has 0 amide bonds. The number of hydrogen-bond donors (Lipinski definition) is 0. The zero-order valence-corrected chi connectivity index (χ0v) is 18.2. The van der Waals surface area contributed by atoms with E-state index in [9.17, 15) is 9.59 Å². The van der Waals surface area contributed by atoms with Crippen LogP contribution in [-0.2, 0) is 9.59 Å². The number of aryl methyl sites for hydroxylation is 2. The lowest BCUT2D eigenvalue weighted by Crippen LogP contribution is -2.08. The molecule has 4 nitrogen and oxygen atoms in total. The van der Waals surface area contributed by atoms with E-state index in [4.69, 9.17) is 9.47 Å². The lowest BCUT2D eigenvalue weighted by atomic mass is 9.88. The Kier molecular flexibility index (Phi) is 5.68. The minimum absolute atomic E-state index is 0.300. The van der Waals surface area contributed by atoms with Crippen molar-refractivity contribution >= 4 is 11.9 Å². The van der Waals surface area contributed by atoms with Gasteiger partial charge in [-0.1, -0.05) is 24.3 Å². The van der Waals surface area contributed by atoms with E-state index in [1.165, 1.54) is 61.8 Å². The van der Waals surface area contributed by atoms with Crippen LogP contribution in [0.1, 0.15) is 73.6 Å². The third-order valence-electron chi connectivity index (χ3n) is 6.96. The van der Waals surface area contributed by atoms with Crippen molar-refractivity contribution < 1.29 is 19.1 Å². The van der Waals surface area contributed by atoms with Crippen LogP contribution in [-0.4, -0.2) is 11.9 Å². The number of rotatable bonds is 4. The maximum atomic E-state index is 11.5. The molecule has 0 heterocycles. The molecule has 2 atom stereocenters. The molecule has 2 aliphatic carbocycles. The van der Waals surface area contributed by atoms with E-state index in [0.717, 1.165) is 11.8 Å². The zero-order chi connectivity index (χ0) is 21.4. The summed E-state index contributed by atoms with van der Waals surface area (Å²) in [6.45, 7) is 7.07. The Morgan fingerprint density at radius 1 is 0.700 bits per heavy atom. The maximum absolute atomic E-state index is 11.5. The highest BCUT2D eigenvalue weighted by Gasteiger charge is 2.42. The summed E-state index contributed by atoms with van der Waals surface area (Å²) in [5, 5.41) is 0. The van der Waals surface area contributed by atoms with Crippen LogP contribution in [0.4, 0.5) is 0 Å². The third-order valence-corrected chi connectivity index (χ3v) is 6.96. The molecule has 2 unspecified atom stereocenters. The fourth-order valence-corrected chi connectivity index (χ4v) is 5.43. The topological polar surface area (TPSA) is 52.6 Å². The Balaban J connectivity index is 1.47. The number of fused-ring (bicyclic) bond motifs is 1. The smallest absolute Gasteiger partial charge is 0.308 e. The second-order valence-electron chi connectivity index (χ2n) is 9.09. The molecule has 2 aromatic carbocycles. The van der Waals surface area contributed by atoms with Crippen LogP contribution < -0.4 is 9.47 Å². The van der Waals surface area contributed by atoms with Crippen LogP contribution in [0, 0.1) is 25.7 Å². The van der Waals surface area contributed by atoms with E-state index in [1.807, 2.05) is 12.1 Å². The molecule has 0 saturated heterocycles. The monoisotopic (exact) mass is 406 g/mol. The highest BCUT2D eigenvalue weighted by atomic mass is 16.6. The Bertz CT molecular complexity index is 963. The van der Waals surface area contributed by atoms with Gasteiger partial charge in [-0.05, 0) is 97.6 Å². The average Bonchev–Trinajstić information content (AvgIpc) is 3.24. The molecule has 0 radical (unpaired) electrons. The van der Waals surface area contributed by atoms with Gasteiger partial charge in [0.05, 0.1) is 0 Å². The first-order valence-corrected chi connectivity index (χ1v) is 10.9. The van der Waals surface area contributed by atoms with Crippen molar-refractivity contribution in [3.63, 3.8) is 0 Å². The zero-order valence-electron chi connectivity index (χ0n) is 18.2. The first kappa shape index (κ1) is 20.6. The summed E-state index contributed by atoms with van der Waals surface area (Å²) in [5.41, 5.74) is 5.40. The van der Waals surface area contributed by atoms with Crippen LogP contribution in [0.25, 0.3) is 0 Å². The second-order valence-corrected chi connectivity index (χ2v) is 9.09. The highest BCUT2D eigenvalue weighted by Crippen LogP contribution is 2.55. The summed E-state index contributed by atoms with van der Waals surface area (Å²) in [4.78, 5) is 22.8. The van der Waals surface area contributed by atoms with Gasteiger partial charge in [0.1, 0.15) is 0 Å². The standard InChI is InChI=1S/C26H30O4/c1-15-5-6-19(9-16(15)2)21-10-23-12-22(13-24(23)11-21)20-7-8-25(29-17(3)27)26(14-20)30-18(4)28/h5-9,14,21-24H,10-13H2,1-4H3. The molecule has 4 rings (SSSR count). The van der Waals surface area contributed by atoms with Crippen LogP contribution in [0.15, 0.2) is 36.4 Å². The first-order chi connectivity index (χ1) is 14.3. The van der Waals surface area contributed by atoms with Crippen LogP contribution in [0.3, 0.4) is 0 Å². The van der Waals surface area contributed by atoms with Crippen LogP contribution in [0.2, 0.25) is 0 Å². The summed E-state index contributed by atoms with van der Waals surface area (Å²) >= 11 is 0. The minimum atomic E-state index is -0.427. The van der Waals surface area contributed by atoms with Crippen molar-refractivity contribution in [3.8, 4) is 11.5 Å². The summed E-state index contributed by atoms with van der Waals surface area (Å²) in [6.07, 6.45) is 4.84. The van der Waals surface area contributed by atoms with E-state index in [2.05, 4.69) is 32.0 Å². The van der Waals surface area contributed by atoms with Gasteiger partial charge in [0.15, 0.2) is 11.5 Å². The van der Waals surface area contributed by atoms with Gasteiger partial charge >= 0.3 is 11.9 Å². The molecule has 4 heteroatoms. The molecular weight excluding hydrogens is 376 g/mol. The van der Waals surface area contributed by atoms with Crippen LogP contribution >= 0.6 is 0 Å². The number of carbonyl (C=O) groups excluding carboxylic acids is 2. The lowest BCUT2D eigenvalue weighted by Gasteiger charge is -2.18. The van der Waals surface area contributed by atoms with Crippen molar-refractivity contribution in [2.75, 3.05) is 0 Å². The second kappa shape index (κ2) is 8.25. The molecule has 2 saturated carbocycles. The SMILES string of the molecule is CC(=O)Oc1ccc(C2CC3CC(c4ccc(C)c(C)c4)CC3C2)cc1OC(C)=O. The molecule has 0 N–H and O–H groups in total. The van der Waals surface area contributed by atoms with Gasteiger partial charge in [0.25, 0.3) is 0 Å². The predicted molar refractivity (Wildman–Crippen MR) is 116 cm³/mol. The van der Waals surface area contributed by atoms with Crippen molar-refractivity contribution in [2.45, 2.75) is 65.2 Å². The van der Waals surface area contributed by atoms with E-state index < -0.39 is 11.9 Å². The average molecular weight is 407 g/mol. The third kappa shape index (κ3) is 4.28. The van der Waals surface area contributed by atoms with E-state index in [0.29, 0.717) is 23.3 Å². The number of hydrogen-bond acceptors (Lipinski definition) is 4. The maximum Gasteiger partial charge on any atom is 0.308 e. The van der Waals surface area contributed by atoms with Gasteiger partial charge < -0.3 is 9.47 Å². The van der Waals surface area contributed by atoms with Gasteiger partial charge in [0.2, 0.25) is 0 Å². The van der Waals surface area contributed by atoms with Crippen molar-refractivity contribution in [1.82, 2.24) is 0 Å². The Morgan fingerprint density at radius 2 is 1.20 bits per heavy atom. The molecule has 0 spiro atoms. The van der Waals surface area contributed by atoms with E-state index >= 15 is 0 Å². The summed E-state index contributed by atoms with van der Waals surface area (Å²) < 4.78 is 10.5. The summed E-state index contributed by atoms with van der Waals surface area (Å²) in [7, 11) is 0. The number of carbonyl (C=O) groups is 2. The quantitative estimate of drug-likeness (QED) is 0.473. The van der Waals surface area contributed by atoms with Crippen LogP contribution in [0.5, 0.6) is 11.5 Å². The Hall–Kier alpha value is -2.62. The molecule has 2 aliphatic rings. The van der Waals surface area contributed by atoms with E-state index in [1.54, 1.807) is 6.07 Å². The molecule has 158 valence electrons. The summed E-state index contributed by atoms with van der Waals surface area (Å²) in [5.74, 6) is 2.40. The largest absolute Gasteiger partial charge is 0.423 e. The minimum Gasteiger partial charge on any atom is -0.423 e. The van der Waals surface area contributed by atoms with Crippen molar-refractivity contribution in [3.05, 3.63) is 58.7 Å². The lowest BCUT2D eigenvalue weighted by molar-refractivity contribution is -0.134. The normalized spacial score (nSPS) is 25.1. The molecule has 30 heavy (non-hydrogen) atoms. The molecular formula is C26H30O4. The highest BCUT2D eigenvalue weighted by molar-refractivity contribution is 5.73. The molecule has 2 aromatic rings.